The summed E-state index contributed by atoms with van der Waals surface area (Å²) in [6.07, 6.45) is 0.859. The van der Waals surface area contributed by atoms with Crippen molar-refractivity contribution in [2.75, 3.05) is 0 Å². The van der Waals surface area contributed by atoms with Crippen molar-refractivity contribution in [1.82, 2.24) is 4.72 Å². The maximum Gasteiger partial charge on any atom is 0.140 e. The molecule has 0 heterocycles. The second-order valence-corrected chi connectivity index (χ2v) is 5.31. The maximum absolute atomic E-state index is 10.6. The van der Waals surface area contributed by atoms with Crippen molar-refractivity contribution < 1.29 is 4.79 Å². The van der Waals surface area contributed by atoms with Gasteiger partial charge in [-0.05, 0) is 44.0 Å². The Morgan fingerprint density at radius 3 is 2.53 bits per heavy atom. The lowest BCUT2D eigenvalue weighted by molar-refractivity contribution is -0.111. The van der Waals surface area contributed by atoms with Crippen molar-refractivity contribution >= 4 is 41.4 Å². The molecule has 0 amide bonds. The molecule has 0 spiro atoms. The SMILES string of the molecule is CC(C)(C=O)NSc1ccc(Cl)c(Cl)c1. The first-order valence-electron chi connectivity index (χ1n) is 4.30. The lowest BCUT2D eigenvalue weighted by atomic mass is 10.1. The van der Waals surface area contributed by atoms with Crippen LogP contribution in [0.25, 0.3) is 0 Å². The molecule has 0 aliphatic heterocycles. The molecule has 0 aromatic heterocycles. The van der Waals surface area contributed by atoms with Crippen molar-refractivity contribution in [2.45, 2.75) is 24.3 Å². The quantitative estimate of drug-likeness (QED) is 0.665. The highest BCUT2D eigenvalue weighted by atomic mass is 35.5. The van der Waals surface area contributed by atoms with E-state index in [9.17, 15) is 4.79 Å². The zero-order chi connectivity index (χ0) is 11.5. The summed E-state index contributed by atoms with van der Waals surface area (Å²) < 4.78 is 3.02. The molecule has 0 atom stereocenters. The predicted molar refractivity (Wildman–Crippen MR) is 65.6 cm³/mol. The largest absolute Gasteiger partial charge is 0.301 e. The van der Waals surface area contributed by atoms with Gasteiger partial charge < -0.3 is 4.79 Å². The lowest BCUT2D eigenvalue weighted by Gasteiger charge is -2.17. The predicted octanol–water partition coefficient (Wildman–Crippen LogP) is 3.57. The fourth-order valence-corrected chi connectivity index (χ4v) is 1.86. The summed E-state index contributed by atoms with van der Waals surface area (Å²) in [4.78, 5) is 11.6. The molecule has 82 valence electrons. The monoisotopic (exact) mass is 263 g/mol. The summed E-state index contributed by atoms with van der Waals surface area (Å²) in [5.41, 5.74) is -0.559. The van der Waals surface area contributed by atoms with Gasteiger partial charge in [0, 0.05) is 4.90 Å². The van der Waals surface area contributed by atoms with Gasteiger partial charge >= 0.3 is 0 Å². The van der Waals surface area contributed by atoms with Crippen LogP contribution in [0.2, 0.25) is 10.0 Å². The van der Waals surface area contributed by atoms with Gasteiger partial charge in [0.2, 0.25) is 0 Å². The fraction of sp³-hybridized carbons (Fsp3) is 0.300. The molecule has 0 unspecified atom stereocenters. The molecule has 0 fully saturated rings. The number of carbonyl (C=O) groups is 1. The topological polar surface area (TPSA) is 29.1 Å². The molecule has 1 aromatic rings. The van der Waals surface area contributed by atoms with Gasteiger partial charge in [-0.25, -0.2) is 4.72 Å². The zero-order valence-electron chi connectivity index (χ0n) is 8.38. The van der Waals surface area contributed by atoms with Crippen LogP contribution < -0.4 is 4.72 Å². The Balaban J connectivity index is 2.66. The Hall–Kier alpha value is -0.220. The summed E-state index contributed by atoms with van der Waals surface area (Å²) in [5.74, 6) is 0. The van der Waals surface area contributed by atoms with E-state index in [1.807, 2.05) is 6.07 Å². The average Bonchev–Trinajstić information content (AvgIpc) is 2.20. The van der Waals surface area contributed by atoms with Crippen LogP contribution in [0.5, 0.6) is 0 Å². The van der Waals surface area contributed by atoms with Crippen molar-refractivity contribution in [1.29, 1.82) is 0 Å². The van der Waals surface area contributed by atoms with E-state index in [1.165, 1.54) is 11.9 Å². The highest BCUT2D eigenvalue weighted by molar-refractivity contribution is 7.97. The van der Waals surface area contributed by atoms with Gasteiger partial charge in [0.1, 0.15) is 6.29 Å². The van der Waals surface area contributed by atoms with Crippen LogP contribution in [0.15, 0.2) is 23.1 Å². The number of hydrogen-bond donors (Lipinski definition) is 1. The first-order valence-corrected chi connectivity index (χ1v) is 5.87. The first-order chi connectivity index (χ1) is 6.94. The number of carbonyl (C=O) groups excluding carboxylic acids is 1. The molecule has 1 N–H and O–H groups in total. The van der Waals surface area contributed by atoms with Crippen molar-refractivity contribution in [3.8, 4) is 0 Å². The number of nitrogens with one attached hydrogen (secondary N) is 1. The third-order valence-electron chi connectivity index (χ3n) is 1.62. The molecule has 0 saturated carbocycles. The normalized spacial score (nSPS) is 11.5. The molecular weight excluding hydrogens is 253 g/mol. The number of aldehydes is 1. The second kappa shape index (κ2) is 5.21. The minimum absolute atomic E-state index is 0.507. The Bertz CT molecular complexity index is 368. The van der Waals surface area contributed by atoms with Gasteiger partial charge in [-0.15, -0.1) is 0 Å². The van der Waals surface area contributed by atoms with Gasteiger partial charge in [0.25, 0.3) is 0 Å². The van der Waals surface area contributed by atoms with Gasteiger partial charge in [0.15, 0.2) is 0 Å². The van der Waals surface area contributed by atoms with E-state index in [-0.39, 0.29) is 0 Å². The van der Waals surface area contributed by atoms with Crippen LogP contribution in [0.3, 0.4) is 0 Å². The molecule has 1 aromatic carbocycles. The summed E-state index contributed by atoms with van der Waals surface area (Å²) in [6.45, 7) is 3.59. The third kappa shape index (κ3) is 4.03. The first kappa shape index (κ1) is 12.8. The van der Waals surface area contributed by atoms with E-state index >= 15 is 0 Å². The van der Waals surface area contributed by atoms with Crippen LogP contribution in [-0.2, 0) is 4.79 Å². The highest BCUT2D eigenvalue weighted by Crippen LogP contribution is 2.27. The number of rotatable bonds is 4. The molecule has 0 radical (unpaired) electrons. The van der Waals surface area contributed by atoms with E-state index in [2.05, 4.69) is 4.72 Å². The molecule has 2 nitrogen and oxygen atoms in total. The average molecular weight is 264 g/mol. The van der Waals surface area contributed by atoms with Crippen LogP contribution >= 0.6 is 35.1 Å². The molecular formula is C10H11Cl2NOS. The van der Waals surface area contributed by atoms with Crippen LogP contribution in [0.4, 0.5) is 0 Å². The highest BCUT2D eigenvalue weighted by Gasteiger charge is 2.15. The standard InChI is InChI=1S/C10H11Cl2NOS/c1-10(2,6-14)13-15-7-3-4-8(11)9(12)5-7/h3-6,13H,1-2H3. The smallest absolute Gasteiger partial charge is 0.140 e. The summed E-state index contributed by atoms with van der Waals surface area (Å²) in [6, 6.07) is 5.32. The maximum atomic E-state index is 10.6. The molecule has 0 aliphatic rings. The van der Waals surface area contributed by atoms with Gasteiger partial charge in [-0.3, -0.25) is 0 Å². The van der Waals surface area contributed by atoms with Crippen LogP contribution in [0, 0.1) is 0 Å². The number of halogens is 2. The Labute approximate surface area is 103 Å². The summed E-state index contributed by atoms with van der Waals surface area (Å²) in [5, 5.41) is 1.03. The van der Waals surface area contributed by atoms with E-state index in [1.54, 1.807) is 26.0 Å². The van der Waals surface area contributed by atoms with Crippen molar-refractivity contribution in [2.24, 2.45) is 0 Å². The molecule has 15 heavy (non-hydrogen) atoms. The molecule has 5 heteroatoms. The number of hydrogen-bond acceptors (Lipinski definition) is 3. The molecule has 0 saturated heterocycles. The Kier molecular flexibility index (Phi) is 4.46. The molecule has 1 rings (SSSR count). The zero-order valence-corrected chi connectivity index (χ0v) is 10.7. The fourth-order valence-electron chi connectivity index (χ4n) is 0.755. The number of benzene rings is 1. The third-order valence-corrected chi connectivity index (χ3v) is 3.47. The van der Waals surface area contributed by atoms with E-state index in [4.69, 9.17) is 23.2 Å². The van der Waals surface area contributed by atoms with Crippen LogP contribution in [0.1, 0.15) is 13.8 Å². The molecule has 0 aliphatic carbocycles. The van der Waals surface area contributed by atoms with Crippen molar-refractivity contribution in [3.63, 3.8) is 0 Å². The van der Waals surface area contributed by atoms with E-state index < -0.39 is 5.54 Å². The van der Waals surface area contributed by atoms with E-state index in [0.717, 1.165) is 11.2 Å². The van der Waals surface area contributed by atoms with E-state index in [0.29, 0.717) is 10.0 Å². The van der Waals surface area contributed by atoms with Crippen molar-refractivity contribution in [3.05, 3.63) is 28.2 Å². The van der Waals surface area contributed by atoms with Crippen LogP contribution in [-0.4, -0.2) is 11.8 Å². The minimum atomic E-state index is -0.559. The Morgan fingerprint density at radius 1 is 1.33 bits per heavy atom. The van der Waals surface area contributed by atoms with Gasteiger partial charge in [-0.2, -0.15) is 0 Å². The molecule has 0 bridgehead atoms. The van der Waals surface area contributed by atoms with Gasteiger partial charge in [-0.1, -0.05) is 23.2 Å². The second-order valence-electron chi connectivity index (χ2n) is 3.62. The Morgan fingerprint density at radius 2 is 2.00 bits per heavy atom. The van der Waals surface area contributed by atoms with Gasteiger partial charge in [0.05, 0.1) is 15.6 Å². The lowest BCUT2D eigenvalue weighted by Crippen LogP contribution is -2.35. The summed E-state index contributed by atoms with van der Waals surface area (Å²) >= 11 is 13.0. The minimum Gasteiger partial charge on any atom is -0.301 e. The summed E-state index contributed by atoms with van der Waals surface area (Å²) in [7, 11) is 0.